The zero-order valence-electron chi connectivity index (χ0n) is 11.1. The van der Waals surface area contributed by atoms with Crippen LogP contribution in [0.25, 0.3) is 10.9 Å². The van der Waals surface area contributed by atoms with Crippen molar-refractivity contribution in [1.82, 2.24) is 20.1 Å². The van der Waals surface area contributed by atoms with Crippen LogP contribution >= 0.6 is 11.3 Å². The third kappa shape index (κ3) is 2.52. The molecule has 2 aromatic heterocycles. The summed E-state index contributed by atoms with van der Waals surface area (Å²) in [6.45, 7) is 3.58. The average Bonchev–Trinajstić information content (AvgIpc) is 2.96. The fourth-order valence-electron chi connectivity index (χ4n) is 2.22. The van der Waals surface area contributed by atoms with Gasteiger partial charge in [0.25, 0.3) is 0 Å². The number of fused-ring (bicyclic) bond motifs is 1. The second-order valence-corrected chi connectivity index (χ2v) is 5.61. The molecule has 0 aliphatic rings. The lowest BCUT2D eigenvalue weighted by atomic mass is 10.2. The highest BCUT2D eigenvalue weighted by molar-refractivity contribution is 7.09. The maximum atomic E-state index is 4.56. The number of hydrogen-bond acceptors (Lipinski definition) is 4. The van der Waals surface area contributed by atoms with Crippen molar-refractivity contribution in [2.45, 2.75) is 20.0 Å². The van der Waals surface area contributed by atoms with Crippen molar-refractivity contribution in [3.63, 3.8) is 0 Å². The van der Waals surface area contributed by atoms with Crippen LogP contribution in [0.2, 0.25) is 0 Å². The summed E-state index contributed by atoms with van der Waals surface area (Å²) in [7, 11) is 1.98. The third-order valence-electron chi connectivity index (χ3n) is 3.10. The van der Waals surface area contributed by atoms with Crippen molar-refractivity contribution in [3.8, 4) is 0 Å². The Bertz CT molecular complexity index is 698. The fraction of sp³-hybridized carbons (Fsp3) is 0.286. The molecule has 98 valence electrons. The predicted octanol–water partition coefficient (Wildman–Crippen LogP) is 2.63. The van der Waals surface area contributed by atoms with Crippen molar-refractivity contribution in [1.29, 1.82) is 0 Å². The van der Waals surface area contributed by atoms with Crippen molar-refractivity contribution in [3.05, 3.63) is 46.0 Å². The van der Waals surface area contributed by atoms with Gasteiger partial charge in [0, 0.05) is 30.9 Å². The van der Waals surface area contributed by atoms with E-state index in [0.717, 1.165) is 29.5 Å². The van der Waals surface area contributed by atoms with E-state index in [1.165, 1.54) is 10.9 Å². The maximum absolute atomic E-state index is 4.56. The van der Waals surface area contributed by atoms with E-state index >= 15 is 0 Å². The Labute approximate surface area is 116 Å². The molecule has 0 fully saturated rings. The van der Waals surface area contributed by atoms with Crippen LogP contribution in [0.1, 0.15) is 16.4 Å². The number of aromatic nitrogens is 3. The van der Waals surface area contributed by atoms with Gasteiger partial charge in [0.2, 0.25) is 0 Å². The molecule has 0 amide bonds. The standard InChI is InChI=1S/C14H16N4S/c1-10-16-11(9-19-10)7-15-8-13-12-5-3-4-6-14(12)18(2)17-13/h3-6,9,15H,7-8H2,1-2H3. The van der Waals surface area contributed by atoms with Gasteiger partial charge < -0.3 is 5.32 Å². The second kappa shape index (κ2) is 5.11. The molecule has 0 saturated carbocycles. The molecule has 3 rings (SSSR count). The van der Waals surface area contributed by atoms with Crippen molar-refractivity contribution < 1.29 is 0 Å². The molecule has 0 atom stereocenters. The Morgan fingerprint density at radius 1 is 1.26 bits per heavy atom. The van der Waals surface area contributed by atoms with Gasteiger partial charge in [-0.1, -0.05) is 18.2 Å². The van der Waals surface area contributed by atoms with Gasteiger partial charge in [0.05, 0.1) is 21.9 Å². The minimum atomic E-state index is 0.762. The van der Waals surface area contributed by atoms with E-state index < -0.39 is 0 Å². The van der Waals surface area contributed by atoms with E-state index in [-0.39, 0.29) is 0 Å². The highest BCUT2D eigenvalue weighted by Crippen LogP contribution is 2.17. The number of rotatable bonds is 4. The van der Waals surface area contributed by atoms with Gasteiger partial charge in [-0.05, 0) is 13.0 Å². The molecule has 3 aromatic rings. The Morgan fingerprint density at radius 2 is 2.11 bits per heavy atom. The molecule has 0 bridgehead atoms. The molecular formula is C14H16N4S. The van der Waals surface area contributed by atoms with E-state index in [4.69, 9.17) is 0 Å². The minimum Gasteiger partial charge on any atom is -0.305 e. The Morgan fingerprint density at radius 3 is 2.89 bits per heavy atom. The second-order valence-electron chi connectivity index (χ2n) is 4.55. The number of nitrogens with zero attached hydrogens (tertiary/aromatic N) is 3. The quantitative estimate of drug-likeness (QED) is 0.794. The lowest BCUT2D eigenvalue weighted by Crippen LogP contribution is -2.13. The van der Waals surface area contributed by atoms with Crippen LogP contribution in [0.4, 0.5) is 0 Å². The van der Waals surface area contributed by atoms with Crippen molar-refractivity contribution in [2.24, 2.45) is 7.05 Å². The Balaban J connectivity index is 1.72. The molecular weight excluding hydrogens is 256 g/mol. The van der Waals surface area contributed by atoms with Gasteiger partial charge in [-0.15, -0.1) is 11.3 Å². The Kier molecular flexibility index (Phi) is 3.31. The van der Waals surface area contributed by atoms with Gasteiger partial charge in [0.1, 0.15) is 0 Å². The highest BCUT2D eigenvalue weighted by Gasteiger charge is 2.07. The molecule has 0 aliphatic carbocycles. The van der Waals surface area contributed by atoms with Crippen LogP contribution in [0, 0.1) is 6.92 Å². The molecule has 0 spiro atoms. The first-order valence-electron chi connectivity index (χ1n) is 6.26. The predicted molar refractivity (Wildman–Crippen MR) is 78.1 cm³/mol. The average molecular weight is 272 g/mol. The largest absolute Gasteiger partial charge is 0.305 e. The lowest BCUT2D eigenvalue weighted by Gasteiger charge is -2.00. The van der Waals surface area contributed by atoms with Crippen LogP contribution in [0.3, 0.4) is 0 Å². The molecule has 2 heterocycles. The summed E-state index contributed by atoms with van der Waals surface area (Å²) in [4.78, 5) is 4.44. The van der Waals surface area contributed by atoms with Gasteiger partial charge >= 0.3 is 0 Å². The molecule has 5 heteroatoms. The molecule has 19 heavy (non-hydrogen) atoms. The van der Waals surface area contributed by atoms with Gasteiger partial charge in [-0.3, -0.25) is 4.68 Å². The molecule has 0 radical (unpaired) electrons. The zero-order chi connectivity index (χ0) is 13.2. The van der Waals surface area contributed by atoms with Gasteiger partial charge in [0.15, 0.2) is 0 Å². The molecule has 1 aromatic carbocycles. The van der Waals surface area contributed by atoms with E-state index in [2.05, 4.69) is 39.0 Å². The van der Waals surface area contributed by atoms with Crippen LogP contribution in [-0.2, 0) is 20.1 Å². The molecule has 0 unspecified atom stereocenters. The van der Waals surface area contributed by atoms with Crippen molar-refractivity contribution in [2.75, 3.05) is 0 Å². The van der Waals surface area contributed by atoms with Crippen LogP contribution in [0.15, 0.2) is 29.6 Å². The zero-order valence-corrected chi connectivity index (χ0v) is 11.9. The number of nitrogens with one attached hydrogen (secondary N) is 1. The summed E-state index contributed by atoms with van der Waals surface area (Å²) in [5.74, 6) is 0. The maximum Gasteiger partial charge on any atom is 0.0897 e. The van der Waals surface area contributed by atoms with Crippen LogP contribution in [0.5, 0.6) is 0 Å². The lowest BCUT2D eigenvalue weighted by molar-refractivity contribution is 0.654. The first kappa shape index (κ1) is 12.3. The summed E-state index contributed by atoms with van der Waals surface area (Å²) in [6, 6.07) is 8.30. The van der Waals surface area contributed by atoms with Crippen molar-refractivity contribution >= 4 is 22.2 Å². The summed E-state index contributed by atoms with van der Waals surface area (Å²) in [5.41, 5.74) is 3.36. The highest BCUT2D eigenvalue weighted by atomic mass is 32.1. The third-order valence-corrected chi connectivity index (χ3v) is 3.92. The van der Waals surface area contributed by atoms with Crippen LogP contribution in [-0.4, -0.2) is 14.8 Å². The summed E-state index contributed by atoms with van der Waals surface area (Å²) in [6.07, 6.45) is 0. The fourth-order valence-corrected chi connectivity index (χ4v) is 2.83. The monoisotopic (exact) mass is 272 g/mol. The molecule has 0 aliphatic heterocycles. The summed E-state index contributed by atoms with van der Waals surface area (Å²) >= 11 is 1.69. The number of benzene rings is 1. The number of para-hydroxylation sites is 1. The molecule has 0 saturated heterocycles. The topological polar surface area (TPSA) is 42.7 Å². The van der Waals surface area contributed by atoms with E-state index in [9.17, 15) is 0 Å². The minimum absolute atomic E-state index is 0.762. The van der Waals surface area contributed by atoms with Gasteiger partial charge in [-0.2, -0.15) is 5.10 Å². The number of hydrogen-bond donors (Lipinski definition) is 1. The SMILES string of the molecule is Cc1nc(CNCc2nn(C)c3ccccc23)cs1. The molecule has 4 nitrogen and oxygen atoms in total. The number of aryl methyl sites for hydroxylation is 2. The summed E-state index contributed by atoms with van der Waals surface area (Å²) in [5, 5.41) is 12.4. The van der Waals surface area contributed by atoms with Gasteiger partial charge in [-0.25, -0.2) is 4.98 Å². The smallest absolute Gasteiger partial charge is 0.0897 e. The molecule has 1 N–H and O–H groups in total. The first-order valence-corrected chi connectivity index (χ1v) is 7.14. The summed E-state index contributed by atoms with van der Waals surface area (Å²) < 4.78 is 1.93. The van der Waals surface area contributed by atoms with E-state index in [0.29, 0.717) is 0 Å². The first-order chi connectivity index (χ1) is 9.24. The van der Waals surface area contributed by atoms with E-state index in [1.54, 1.807) is 11.3 Å². The van der Waals surface area contributed by atoms with E-state index in [1.807, 2.05) is 24.7 Å². The normalized spacial score (nSPS) is 11.3. The number of thiazole rings is 1. The van der Waals surface area contributed by atoms with Crippen LogP contribution < -0.4 is 5.32 Å². The Hall–Kier alpha value is -1.72.